The van der Waals surface area contributed by atoms with E-state index in [1.165, 1.54) is 10.8 Å². The van der Waals surface area contributed by atoms with Crippen LogP contribution in [0.25, 0.3) is 27.5 Å². The summed E-state index contributed by atoms with van der Waals surface area (Å²) in [5.74, 6) is 0. The topological polar surface area (TPSA) is 17.9 Å². The van der Waals surface area contributed by atoms with Crippen LogP contribution in [0.5, 0.6) is 0 Å². The second-order valence-corrected chi connectivity index (χ2v) is 17.5. The Morgan fingerprint density at radius 1 is 0.183 bits per heavy atom. The zero-order valence-corrected chi connectivity index (χ0v) is 39.0. The molecule has 5 heteroatoms. The first-order valence-electron chi connectivity index (χ1n) is 24.1. The molecule has 5 nitrogen and oxygen atoms in total. The highest BCUT2D eigenvalue weighted by Crippen LogP contribution is 2.48. The number of rotatable bonds is 13. The van der Waals surface area contributed by atoms with Crippen molar-refractivity contribution in [3.05, 3.63) is 297 Å². The van der Waals surface area contributed by atoms with E-state index in [0.717, 1.165) is 85.0 Å². The van der Waals surface area contributed by atoms with Gasteiger partial charge in [-0.2, -0.15) is 0 Å². The molecule has 0 fully saturated rings. The summed E-state index contributed by atoms with van der Waals surface area (Å²) in [5, 5.41) is 2.42. The molecule has 0 N–H and O–H groups in total. The van der Waals surface area contributed by atoms with Crippen LogP contribution < -0.4 is 19.6 Å². The number of benzene rings is 11. The van der Waals surface area contributed by atoms with Crippen molar-refractivity contribution in [1.29, 1.82) is 0 Å². The first-order valence-corrected chi connectivity index (χ1v) is 24.1. The molecular weight excluding hydrogens is 863 g/mol. The molecule has 0 aliphatic carbocycles. The van der Waals surface area contributed by atoms with Crippen LogP contribution in [0.4, 0.5) is 68.2 Å². The van der Waals surface area contributed by atoms with Crippen LogP contribution in [0.15, 0.2) is 297 Å². The summed E-state index contributed by atoms with van der Waals surface area (Å²) >= 11 is 0. The van der Waals surface area contributed by atoms with E-state index in [-0.39, 0.29) is 0 Å². The van der Waals surface area contributed by atoms with Gasteiger partial charge in [0.1, 0.15) is 0 Å². The number of anilines is 12. The van der Waals surface area contributed by atoms with Crippen LogP contribution in [0, 0.1) is 0 Å². The maximum atomic E-state index is 2.43. The van der Waals surface area contributed by atoms with Crippen LogP contribution in [-0.4, -0.2) is 4.57 Å². The predicted molar refractivity (Wildman–Crippen MR) is 300 cm³/mol. The predicted octanol–water partition coefficient (Wildman–Crippen LogP) is 18.7. The molecule has 11 aromatic carbocycles. The van der Waals surface area contributed by atoms with E-state index >= 15 is 0 Å². The Balaban J connectivity index is 1.18. The summed E-state index contributed by atoms with van der Waals surface area (Å²) < 4.78 is 2.43. The Labute approximate surface area is 415 Å². The van der Waals surface area contributed by atoms with Gasteiger partial charge in [-0.15, -0.1) is 0 Å². The van der Waals surface area contributed by atoms with Crippen molar-refractivity contribution in [3.8, 4) is 5.69 Å². The average molecular weight is 912 g/mol. The van der Waals surface area contributed by atoms with E-state index in [4.69, 9.17) is 0 Å². The highest BCUT2D eigenvalue weighted by Gasteiger charge is 2.25. The minimum absolute atomic E-state index is 0.980. The SMILES string of the molecule is c1ccc(N(c2ccccc2)c2cc(N(c3ccccc3)c3ccccc3)cc(N(c3ccccc3)c3cc(N(c4ccccc4)c4ccccc4)cc(-n4c5ccccc5c5ccccc54)c3)c2)cc1. The monoisotopic (exact) mass is 911 g/mol. The van der Waals surface area contributed by atoms with E-state index in [0.29, 0.717) is 0 Å². The van der Waals surface area contributed by atoms with E-state index in [2.05, 4.69) is 321 Å². The number of aromatic nitrogens is 1. The Hall–Kier alpha value is -9.58. The first kappa shape index (κ1) is 42.8. The molecule has 338 valence electrons. The molecule has 0 saturated heterocycles. The highest BCUT2D eigenvalue weighted by molar-refractivity contribution is 6.09. The van der Waals surface area contributed by atoms with Crippen LogP contribution in [0.3, 0.4) is 0 Å². The smallest absolute Gasteiger partial charge is 0.0541 e. The first-order chi connectivity index (χ1) is 35.2. The molecular formula is C66H49N5. The van der Waals surface area contributed by atoms with Gasteiger partial charge in [-0.25, -0.2) is 0 Å². The Kier molecular flexibility index (Phi) is 11.6. The minimum Gasteiger partial charge on any atom is -0.310 e. The van der Waals surface area contributed by atoms with Gasteiger partial charge >= 0.3 is 0 Å². The van der Waals surface area contributed by atoms with Gasteiger partial charge < -0.3 is 24.2 Å². The van der Waals surface area contributed by atoms with E-state index in [1.807, 2.05) is 0 Å². The molecule has 0 atom stereocenters. The van der Waals surface area contributed by atoms with E-state index < -0.39 is 0 Å². The number of fused-ring (bicyclic) bond motifs is 3. The molecule has 0 amide bonds. The molecule has 0 unspecified atom stereocenters. The maximum absolute atomic E-state index is 2.43. The molecule has 0 aliphatic rings. The summed E-state index contributed by atoms with van der Waals surface area (Å²) in [4.78, 5) is 9.50. The van der Waals surface area contributed by atoms with Crippen molar-refractivity contribution in [2.45, 2.75) is 0 Å². The molecule has 0 bridgehead atoms. The molecule has 1 heterocycles. The lowest BCUT2D eigenvalue weighted by molar-refractivity contribution is 1.16. The highest BCUT2D eigenvalue weighted by atomic mass is 15.2. The summed E-state index contributed by atoms with van der Waals surface area (Å²) in [6.07, 6.45) is 0. The number of hydrogen-bond acceptors (Lipinski definition) is 4. The molecule has 12 rings (SSSR count). The zero-order chi connectivity index (χ0) is 47.3. The van der Waals surface area contributed by atoms with Crippen molar-refractivity contribution in [2.75, 3.05) is 19.6 Å². The molecule has 12 aromatic rings. The zero-order valence-electron chi connectivity index (χ0n) is 39.0. The van der Waals surface area contributed by atoms with Gasteiger partial charge in [-0.1, -0.05) is 164 Å². The lowest BCUT2D eigenvalue weighted by atomic mass is 10.1. The third kappa shape index (κ3) is 8.43. The molecule has 0 aliphatic heterocycles. The average Bonchev–Trinajstić information content (AvgIpc) is 3.78. The largest absolute Gasteiger partial charge is 0.310 e. The molecule has 0 radical (unpaired) electrons. The number of para-hydroxylation sites is 9. The summed E-state index contributed by atoms with van der Waals surface area (Å²) in [5.41, 5.74) is 15.6. The lowest BCUT2D eigenvalue weighted by Crippen LogP contribution is -2.17. The van der Waals surface area contributed by atoms with Crippen molar-refractivity contribution < 1.29 is 0 Å². The quantitative estimate of drug-likeness (QED) is 0.115. The number of hydrogen-bond donors (Lipinski definition) is 0. The second-order valence-electron chi connectivity index (χ2n) is 17.5. The molecule has 0 spiro atoms. The fourth-order valence-electron chi connectivity index (χ4n) is 9.96. The van der Waals surface area contributed by atoms with Crippen molar-refractivity contribution in [3.63, 3.8) is 0 Å². The summed E-state index contributed by atoms with van der Waals surface area (Å²) in [6, 6.07) is 106. The Morgan fingerprint density at radius 3 is 0.634 bits per heavy atom. The van der Waals surface area contributed by atoms with Crippen LogP contribution in [0.1, 0.15) is 0 Å². The second kappa shape index (κ2) is 19.2. The summed E-state index contributed by atoms with van der Waals surface area (Å²) in [6.45, 7) is 0. The summed E-state index contributed by atoms with van der Waals surface area (Å²) in [7, 11) is 0. The molecule has 71 heavy (non-hydrogen) atoms. The third-order valence-corrected chi connectivity index (χ3v) is 13.0. The van der Waals surface area contributed by atoms with Crippen LogP contribution >= 0.6 is 0 Å². The molecule has 1 aromatic heterocycles. The lowest BCUT2D eigenvalue weighted by Gasteiger charge is -2.34. The van der Waals surface area contributed by atoms with Crippen molar-refractivity contribution >= 4 is 90.1 Å². The van der Waals surface area contributed by atoms with Gasteiger partial charge in [0.05, 0.1) is 45.2 Å². The van der Waals surface area contributed by atoms with Gasteiger partial charge in [0, 0.05) is 50.6 Å². The normalized spacial score (nSPS) is 11.1. The maximum Gasteiger partial charge on any atom is 0.0541 e. The third-order valence-electron chi connectivity index (χ3n) is 13.0. The van der Waals surface area contributed by atoms with Gasteiger partial charge in [-0.3, -0.25) is 0 Å². The van der Waals surface area contributed by atoms with Crippen LogP contribution in [0.2, 0.25) is 0 Å². The van der Waals surface area contributed by atoms with Gasteiger partial charge in [-0.05, 0) is 133 Å². The van der Waals surface area contributed by atoms with Gasteiger partial charge in [0.25, 0.3) is 0 Å². The fourth-order valence-corrected chi connectivity index (χ4v) is 9.96. The van der Waals surface area contributed by atoms with E-state index in [1.54, 1.807) is 0 Å². The van der Waals surface area contributed by atoms with Gasteiger partial charge in [0.15, 0.2) is 0 Å². The van der Waals surface area contributed by atoms with Crippen molar-refractivity contribution in [1.82, 2.24) is 4.57 Å². The number of nitrogens with zero attached hydrogens (tertiary/aromatic N) is 5. The minimum atomic E-state index is 0.980. The Bertz CT molecular complexity index is 3420. The van der Waals surface area contributed by atoms with E-state index in [9.17, 15) is 0 Å². The standard InChI is InChI=1S/C66H49N5/c1-8-26-50(27-9-1)67(51-28-10-2-11-29-51)57-44-58(68(52-30-12-3-13-31-52)53-32-14-4-15-33-53)46-60(45-57)70(56-38-20-7-21-39-56)61-47-59(69(54-34-16-5-17-35-54)55-36-18-6-19-37-55)48-62(49-61)71-65-42-24-22-40-63(65)64-41-23-25-43-66(64)71/h1-49H. The van der Waals surface area contributed by atoms with Gasteiger partial charge in [0.2, 0.25) is 0 Å². The molecule has 0 saturated carbocycles. The fraction of sp³-hybridized carbons (Fsp3) is 0. The van der Waals surface area contributed by atoms with Crippen molar-refractivity contribution in [2.24, 2.45) is 0 Å². The Morgan fingerprint density at radius 2 is 0.380 bits per heavy atom. The van der Waals surface area contributed by atoms with Crippen LogP contribution in [-0.2, 0) is 0 Å².